The zero-order chi connectivity index (χ0) is 16.1. The summed E-state index contributed by atoms with van der Waals surface area (Å²) in [6.07, 6.45) is 2.20. The van der Waals surface area contributed by atoms with E-state index in [1.807, 2.05) is 37.3 Å². The van der Waals surface area contributed by atoms with E-state index in [4.69, 9.17) is 9.26 Å². The normalized spacial score (nSPS) is 17.2. The number of nitrogens with zero attached hydrogens (tertiary/aromatic N) is 1. The minimum Gasteiger partial charge on any atom is -0.376 e. The van der Waals surface area contributed by atoms with Crippen LogP contribution in [0.2, 0.25) is 0 Å². The number of aromatic nitrogens is 1. The molecule has 2 heterocycles. The minimum atomic E-state index is -0.228. The Morgan fingerprint density at radius 3 is 2.87 bits per heavy atom. The lowest BCUT2D eigenvalue weighted by atomic mass is 10.1. The molecule has 1 aliphatic rings. The van der Waals surface area contributed by atoms with Crippen molar-refractivity contribution >= 4 is 6.03 Å². The van der Waals surface area contributed by atoms with Crippen LogP contribution in [0.15, 0.2) is 34.9 Å². The summed E-state index contributed by atoms with van der Waals surface area (Å²) in [4.78, 5) is 11.7. The first-order chi connectivity index (χ1) is 11.2. The molecule has 6 nitrogen and oxygen atoms in total. The highest BCUT2D eigenvalue weighted by atomic mass is 16.5. The van der Waals surface area contributed by atoms with E-state index in [2.05, 4.69) is 15.8 Å². The first-order valence-electron chi connectivity index (χ1n) is 7.86. The molecule has 1 saturated heterocycles. The number of nitrogens with one attached hydrogen (secondary N) is 2. The van der Waals surface area contributed by atoms with Crippen LogP contribution in [-0.4, -0.2) is 30.4 Å². The zero-order valence-corrected chi connectivity index (χ0v) is 13.2. The van der Waals surface area contributed by atoms with Gasteiger partial charge in [0.05, 0.1) is 12.6 Å². The molecule has 1 aromatic heterocycles. The molecule has 3 rings (SSSR count). The Morgan fingerprint density at radius 2 is 2.13 bits per heavy atom. The topological polar surface area (TPSA) is 76.4 Å². The van der Waals surface area contributed by atoms with Crippen molar-refractivity contribution in [2.45, 2.75) is 32.4 Å². The summed E-state index contributed by atoms with van der Waals surface area (Å²) >= 11 is 0. The molecule has 1 atom stereocenters. The molecular formula is C17H21N3O3. The van der Waals surface area contributed by atoms with Crippen molar-refractivity contribution in [1.29, 1.82) is 0 Å². The number of urea groups is 1. The molecule has 0 saturated carbocycles. The number of amides is 2. The van der Waals surface area contributed by atoms with Crippen molar-refractivity contribution in [1.82, 2.24) is 15.8 Å². The first kappa shape index (κ1) is 15.6. The molecule has 0 spiro atoms. The number of carbonyl (C=O) groups is 1. The molecule has 23 heavy (non-hydrogen) atoms. The second kappa shape index (κ2) is 7.28. The summed E-state index contributed by atoms with van der Waals surface area (Å²) in [5, 5.41) is 9.60. The Labute approximate surface area is 135 Å². The van der Waals surface area contributed by atoms with Crippen LogP contribution >= 0.6 is 0 Å². The second-order valence-electron chi connectivity index (χ2n) is 5.74. The Morgan fingerprint density at radius 1 is 1.30 bits per heavy atom. The van der Waals surface area contributed by atoms with Gasteiger partial charge in [-0.1, -0.05) is 35.0 Å². The van der Waals surface area contributed by atoms with Gasteiger partial charge in [0.25, 0.3) is 0 Å². The van der Waals surface area contributed by atoms with E-state index in [-0.39, 0.29) is 12.1 Å². The fraction of sp³-hybridized carbons (Fsp3) is 0.412. The van der Waals surface area contributed by atoms with Crippen LogP contribution in [0.3, 0.4) is 0 Å². The molecular weight excluding hydrogens is 294 g/mol. The van der Waals surface area contributed by atoms with Crippen LogP contribution in [0, 0.1) is 6.92 Å². The van der Waals surface area contributed by atoms with Crippen LogP contribution in [0.5, 0.6) is 0 Å². The van der Waals surface area contributed by atoms with Crippen LogP contribution in [0.4, 0.5) is 4.79 Å². The maximum atomic E-state index is 11.7. The highest BCUT2D eigenvalue weighted by Crippen LogP contribution is 2.19. The molecule has 122 valence electrons. The maximum absolute atomic E-state index is 11.7. The third kappa shape index (κ3) is 4.32. The molecule has 0 bridgehead atoms. The van der Waals surface area contributed by atoms with E-state index in [0.29, 0.717) is 18.8 Å². The molecule has 0 aliphatic carbocycles. The van der Waals surface area contributed by atoms with Gasteiger partial charge in [-0.05, 0) is 19.8 Å². The Balaban J connectivity index is 1.47. The van der Waals surface area contributed by atoms with Gasteiger partial charge in [-0.3, -0.25) is 0 Å². The molecule has 0 radical (unpaired) electrons. The summed E-state index contributed by atoms with van der Waals surface area (Å²) in [5.41, 5.74) is 2.96. The summed E-state index contributed by atoms with van der Waals surface area (Å²) in [7, 11) is 0. The highest BCUT2D eigenvalue weighted by Gasteiger charge is 2.16. The van der Waals surface area contributed by atoms with E-state index in [9.17, 15) is 4.79 Å². The van der Waals surface area contributed by atoms with E-state index >= 15 is 0 Å². The Kier molecular flexibility index (Phi) is 4.92. The second-order valence-corrected chi connectivity index (χ2v) is 5.74. The smallest absolute Gasteiger partial charge is 0.315 e. The van der Waals surface area contributed by atoms with Crippen molar-refractivity contribution in [2.75, 3.05) is 13.2 Å². The summed E-state index contributed by atoms with van der Waals surface area (Å²) in [6.45, 7) is 3.66. The molecule has 2 aromatic rings. The molecule has 6 heteroatoms. The number of aryl methyl sites for hydroxylation is 1. The monoisotopic (exact) mass is 315 g/mol. The van der Waals surface area contributed by atoms with Gasteiger partial charge < -0.3 is 19.9 Å². The first-order valence-corrected chi connectivity index (χ1v) is 7.86. The lowest BCUT2D eigenvalue weighted by Crippen LogP contribution is -2.39. The lowest BCUT2D eigenvalue weighted by molar-refractivity contribution is 0.111. The summed E-state index contributed by atoms with van der Waals surface area (Å²) in [5.74, 6) is 0.618. The maximum Gasteiger partial charge on any atom is 0.315 e. The number of benzene rings is 1. The fourth-order valence-electron chi connectivity index (χ4n) is 2.50. The van der Waals surface area contributed by atoms with Gasteiger partial charge in [-0.25, -0.2) is 4.79 Å². The summed E-state index contributed by atoms with van der Waals surface area (Å²) in [6, 6.07) is 9.66. The van der Waals surface area contributed by atoms with Crippen LogP contribution < -0.4 is 10.6 Å². The van der Waals surface area contributed by atoms with Gasteiger partial charge in [0, 0.05) is 24.8 Å². The SMILES string of the molecule is Cc1ccc(-c2cc(CNC(=O)NC[C@@H]3CCCO3)on2)cc1. The molecule has 1 aliphatic heterocycles. The Bertz CT molecular complexity index is 645. The molecule has 1 fully saturated rings. The average molecular weight is 315 g/mol. The fourth-order valence-corrected chi connectivity index (χ4v) is 2.50. The van der Waals surface area contributed by atoms with Crippen LogP contribution in [-0.2, 0) is 11.3 Å². The number of hydrogen-bond donors (Lipinski definition) is 2. The van der Waals surface area contributed by atoms with Gasteiger partial charge >= 0.3 is 6.03 Å². The summed E-state index contributed by atoms with van der Waals surface area (Å²) < 4.78 is 10.7. The van der Waals surface area contributed by atoms with Crippen LogP contribution in [0.1, 0.15) is 24.2 Å². The number of rotatable bonds is 5. The number of hydrogen-bond acceptors (Lipinski definition) is 4. The van der Waals surface area contributed by atoms with Crippen molar-refractivity contribution in [3.63, 3.8) is 0 Å². The van der Waals surface area contributed by atoms with E-state index in [1.54, 1.807) is 0 Å². The molecule has 1 aromatic carbocycles. The predicted octanol–water partition coefficient (Wildman–Crippen LogP) is 2.63. The van der Waals surface area contributed by atoms with Gasteiger partial charge in [0.15, 0.2) is 5.76 Å². The van der Waals surface area contributed by atoms with Crippen molar-refractivity contribution in [3.05, 3.63) is 41.7 Å². The quantitative estimate of drug-likeness (QED) is 0.889. The van der Waals surface area contributed by atoms with Gasteiger partial charge in [0.1, 0.15) is 5.69 Å². The van der Waals surface area contributed by atoms with Gasteiger partial charge in [-0.2, -0.15) is 0 Å². The van der Waals surface area contributed by atoms with Crippen LogP contribution in [0.25, 0.3) is 11.3 Å². The zero-order valence-electron chi connectivity index (χ0n) is 13.2. The molecule has 0 unspecified atom stereocenters. The van der Waals surface area contributed by atoms with E-state index in [1.165, 1.54) is 5.56 Å². The Hall–Kier alpha value is -2.34. The van der Waals surface area contributed by atoms with Gasteiger partial charge in [-0.15, -0.1) is 0 Å². The molecule has 2 N–H and O–H groups in total. The highest BCUT2D eigenvalue weighted by molar-refractivity contribution is 5.73. The standard InChI is InChI=1S/C17H21N3O3/c1-12-4-6-13(7-5-12)16-9-15(23-20-16)11-19-17(21)18-10-14-3-2-8-22-14/h4-7,9,14H,2-3,8,10-11H2,1H3,(H2,18,19,21)/t14-/m0/s1. The van der Waals surface area contributed by atoms with Crippen molar-refractivity contribution in [2.24, 2.45) is 0 Å². The number of ether oxygens (including phenoxy) is 1. The van der Waals surface area contributed by atoms with E-state index in [0.717, 1.165) is 30.7 Å². The predicted molar refractivity (Wildman–Crippen MR) is 85.9 cm³/mol. The minimum absolute atomic E-state index is 0.138. The van der Waals surface area contributed by atoms with Crippen molar-refractivity contribution in [3.8, 4) is 11.3 Å². The van der Waals surface area contributed by atoms with Crippen molar-refractivity contribution < 1.29 is 14.1 Å². The number of carbonyl (C=O) groups excluding carboxylic acids is 1. The van der Waals surface area contributed by atoms with E-state index < -0.39 is 0 Å². The largest absolute Gasteiger partial charge is 0.376 e. The van der Waals surface area contributed by atoms with Gasteiger partial charge in [0.2, 0.25) is 0 Å². The third-order valence-electron chi connectivity index (χ3n) is 3.84. The molecule has 2 amide bonds. The lowest BCUT2D eigenvalue weighted by Gasteiger charge is -2.10. The third-order valence-corrected chi connectivity index (χ3v) is 3.84. The average Bonchev–Trinajstić information content (AvgIpc) is 3.23.